The second-order valence-corrected chi connectivity index (χ2v) is 10.4. The molecule has 5 rings (SSSR count). The lowest BCUT2D eigenvalue weighted by atomic mass is 9.85. The number of phenolic OH excluding ortho intramolecular Hbond substituents is 2. The molecule has 0 spiro atoms. The van der Waals surface area contributed by atoms with Crippen LogP contribution in [-0.4, -0.2) is 120 Å². The van der Waals surface area contributed by atoms with E-state index in [0.717, 1.165) is 13.2 Å². The maximum Gasteiger partial charge on any atom is 0.197 e. The number of aromatic hydroxyl groups is 2. The van der Waals surface area contributed by atoms with Crippen LogP contribution < -0.4 is 10.2 Å². The van der Waals surface area contributed by atoms with Gasteiger partial charge in [0, 0.05) is 11.6 Å². The van der Waals surface area contributed by atoms with Gasteiger partial charge in [0.05, 0.1) is 31.5 Å². The normalized spacial score (nSPS) is 33.0. The maximum absolute atomic E-state index is 13.6. The minimum Gasteiger partial charge on any atom is -0.508 e. The minimum absolute atomic E-state index is 0.0645. The number of aliphatic hydroxyl groups excluding tert-OH is 8. The van der Waals surface area contributed by atoms with Gasteiger partial charge in [-0.3, -0.25) is 4.79 Å². The molecule has 2 aliphatic heterocycles. The lowest BCUT2D eigenvalue weighted by Crippen LogP contribution is -2.55. The van der Waals surface area contributed by atoms with E-state index in [4.69, 9.17) is 18.6 Å². The third-order valence-electron chi connectivity index (χ3n) is 7.88. The Hall–Kier alpha value is -3.35. The molecule has 0 amide bonds. The first-order chi connectivity index (χ1) is 20.4. The molecule has 2 aliphatic rings. The van der Waals surface area contributed by atoms with Crippen LogP contribution in [0.4, 0.5) is 0 Å². The molecule has 234 valence electrons. The summed E-state index contributed by atoms with van der Waals surface area (Å²) < 4.78 is 23.0. The van der Waals surface area contributed by atoms with Crippen molar-refractivity contribution in [1.82, 2.24) is 0 Å². The predicted octanol–water partition coefficient (Wildman–Crippen LogP) is -2.09. The highest BCUT2D eigenvalue weighted by Gasteiger charge is 2.50. The van der Waals surface area contributed by atoms with Gasteiger partial charge >= 0.3 is 0 Å². The van der Waals surface area contributed by atoms with Gasteiger partial charge in [-0.2, -0.15) is 0 Å². The van der Waals surface area contributed by atoms with Crippen LogP contribution in [-0.2, 0) is 9.47 Å². The molecule has 4 unspecified atom stereocenters. The van der Waals surface area contributed by atoms with Crippen molar-refractivity contribution < 1.29 is 69.7 Å². The Morgan fingerprint density at radius 3 is 1.74 bits per heavy atom. The van der Waals surface area contributed by atoms with Gasteiger partial charge in [0.15, 0.2) is 11.0 Å². The molecule has 1 aromatic heterocycles. The third kappa shape index (κ3) is 5.12. The van der Waals surface area contributed by atoms with Gasteiger partial charge in [-0.1, -0.05) is 0 Å². The molecule has 2 fully saturated rings. The van der Waals surface area contributed by atoms with Gasteiger partial charge in [-0.05, 0) is 24.3 Å². The van der Waals surface area contributed by atoms with Crippen molar-refractivity contribution in [3.8, 4) is 28.6 Å². The van der Waals surface area contributed by atoms with E-state index in [0.29, 0.717) is 5.56 Å². The first kappa shape index (κ1) is 31.1. The van der Waals surface area contributed by atoms with E-state index in [2.05, 4.69) is 0 Å². The summed E-state index contributed by atoms with van der Waals surface area (Å²) in [6, 6.07) is 6.56. The fraction of sp³-hybridized carbons (Fsp3) is 0.464. The van der Waals surface area contributed by atoms with Crippen LogP contribution in [0.25, 0.3) is 22.3 Å². The number of hydrogen-bond donors (Lipinski definition) is 10. The number of phenols is 2. The molecule has 0 radical (unpaired) electrons. The van der Waals surface area contributed by atoms with E-state index in [1.54, 1.807) is 0 Å². The summed E-state index contributed by atoms with van der Waals surface area (Å²) in [6.07, 6.45) is -17.4. The molecule has 2 aromatic carbocycles. The fourth-order valence-electron chi connectivity index (χ4n) is 5.59. The summed E-state index contributed by atoms with van der Waals surface area (Å²) in [6.45, 7) is -1.61. The van der Waals surface area contributed by atoms with Crippen LogP contribution in [0.1, 0.15) is 23.3 Å². The van der Waals surface area contributed by atoms with Crippen molar-refractivity contribution in [2.75, 3.05) is 20.3 Å². The summed E-state index contributed by atoms with van der Waals surface area (Å²) in [7, 11) is 1.11. The summed E-state index contributed by atoms with van der Waals surface area (Å²) >= 11 is 0. The van der Waals surface area contributed by atoms with Crippen molar-refractivity contribution in [1.29, 1.82) is 0 Å². The van der Waals surface area contributed by atoms with E-state index >= 15 is 0 Å². The number of benzene rings is 2. The van der Waals surface area contributed by atoms with Crippen molar-refractivity contribution in [3.63, 3.8) is 0 Å². The van der Waals surface area contributed by atoms with Gasteiger partial charge in [0.2, 0.25) is 0 Å². The molecule has 2 saturated heterocycles. The van der Waals surface area contributed by atoms with Crippen molar-refractivity contribution in [2.45, 2.75) is 61.0 Å². The van der Waals surface area contributed by atoms with E-state index in [1.165, 1.54) is 24.3 Å². The molecular weight excluding hydrogens is 576 g/mol. The van der Waals surface area contributed by atoms with Crippen molar-refractivity contribution >= 4 is 11.0 Å². The quantitative estimate of drug-likeness (QED) is 0.144. The number of hydrogen-bond acceptors (Lipinski definition) is 15. The largest absolute Gasteiger partial charge is 0.508 e. The predicted molar refractivity (Wildman–Crippen MR) is 143 cm³/mol. The van der Waals surface area contributed by atoms with Gasteiger partial charge < -0.3 is 69.7 Å². The summed E-state index contributed by atoms with van der Waals surface area (Å²) in [5.74, 6) is -1.39. The topological polar surface area (TPSA) is 260 Å². The molecule has 43 heavy (non-hydrogen) atoms. The molecule has 3 aromatic rings. The summed E-state index contributed by atoms with van der Waals surface area (Å²) in [4.78, 5) is 13.6. The summed E-state index contributed by atoms with van der Waals surface area (Å²) in [5.41, 5.74) is -1.71. The van der Waals surface area contributed by atoms with E-state index in [9.17, 15) is 55.9 Å². The van der Waals surface area contributed by atoms with E-state index in [1.807, 2.05) is 0 Å². The Morgan fingerprint density at radius 2 is 1.26 bits per heavy atom. The SMILES string of the molecule is COc1c([C@@H]2OC(CO)[C@@H](O)[C@H](O)C2O)c(O)c2c(=O)cc(-c3ccc(O)cc3)oc2c1[C@@H]1OC(CO)[C@@H](O)[C@H](O)C1O. The van der Waals surface area contributed by atoms with E-state index < -0.39 is 108 Å². The Bertz CT molecular complexity index is 1520. The van der Waals surface area contributed by atoms with Gasteiger partial charge in [0.25, 0.3) is 0 Å². The third-order valence-corrected chi connectivity index (χ3v) is 7.88. The number of fused-ring (bicyclic) bond motifs is 1. The zero-order valence-corrected chi connectivity index (χ0v) is 22.6. The van der Waals surface area contributed by atoms with Gasteiger partial charge in [-0.25, -0.2) is 0 Å². The van der Waals surface area contributed by atoms with Crippen LogP contribution in [0.2, 0.25) is 0 Å². The first-order valence-electron chi connectivity index (χ1n) is 13.3. The fourth-order valence-corrected chi connectivity index (χ4v) is 5.59. The molecule has 0 bridgehead atoms. The van der Waals surface area contributed by atoms with Crippen molar-refractivity contribution in [2.24, 2.45) is 0 Å². The van der Waals surface area contributed by atoms with Gasteiger partial charge in [-0.15, -0.1) is 0 Å². The first-order valence-corrected chi connectivity index (χ1v) is 13.3. The molecular formula is C28H32O15. The zero-order valence-electron chi connectivity index (χ0n) is 22.6. The van der Waals surface area contributed by atoms with Crippen LogP contribution >= 0.6 is 0 Å². The Balaban J connectivity index is 1.85. The molecule has 15 nitrogen and oxygen atoms in total. The molecule has 3 heterocycles. The Morgan fingerprint density at radius 1 is 0.744 bits per heavy atom. The van der Waals surface area contributed by atoms with Crippen LogP contribution in [0.3, 0.4) is 0 Å². The highest BCUT2D eigenvalue weighted by Crippen LogP contribution is 2.51. The lowest BCUT2D eigenvalue weighted by molar-refractivity contribution is -0.233. The second kappa shape index (κ2) is 12.0. The minimum atomic E-state index is -1.94. The van der Waals surface area contributed by atoms with Gasteiger partial charge in [0.1, 0.15) is 89.4 Å². The number of rotatable bonds is 6. The molecule has 0 saturated carbocycles. The molecule has 10 atom stereocenters. The molecule has 15 heteroatoms. The maximum atomic E-state index is 13.6. The number of methoxy groups -OCH3 is 1. The highest BCUT2D eigenvalue weighted by molar-refractivity contribution is 5.92. The van der Waals surface area contributed by atoms with Crippen LogP contribution in [0, 0.1) is 0 Å². The molecule has 10 N–H and O–H groups in total. The second-order valence-electron chi connectivity index (χ2n) is 10.4. The average Bonchev–Trinajstić information content (AvgIpc) is 2.99. The average molecular weight is 609 g/mol. The Labute approximate surface area is 242 Å². The van der Waals surface area contributed by atoms with Crippen molar-refractivity contribution in [3.05, 3.63) is 51.7 Å². The van der Waals surface area contributed by atoms with E-state index in [-0.39, 0.29) is 17.1 Å². The van der Waals surface area contributed by atoms with Crippen LogP contribution in [0.15, 0.2) is 39.5 Å². The zero-order chi connectivity index (χ0) is 31.3. The number of aliphatic hydroxyl groups is 8. The lowest BCUT2D eigenvalue weighted by Gasteiger charge is -2.42. The standard InChI is InChI=1S/C28H32O15/c1-40-25-16(27-23(38)21(36)18(33)13(7-29)42-27)20(35)15-11(32)6-12(9-2-4-10(31)5-3-9)41-26(15)17(25)28-24(39)22(37)19(34)14(8-30)43-28/h2-6,13-14,18-19,21-24,27-31,33-39H,7-8H2,1H3/t13?,14?,18-,19-,21+,22+,23?,24?,27+,28+/m1/s1. The monoisotopic (exact) mass is 608 g/mol. The number of ether oxygens (including phenoxy) is 3. The Kier molecular flexibility index (Phi) is 8.65. The smallest absolute Gasteiger partial charge is 0.197 e. The summed E-state index contributed by atoms with van der Waals surface area (Å²) in [5, 5.41) is 104. The van der Waals surface area contributed by atoms with Crippen LogP contribution in [0.5, 0.6) is 17.2 Å². The molecule has 0 aliphatic carbocycles. The highest BCUT2D eigenvalue weighted by atomic mass is 16.6.